The van der Waals surface area contributed by atoms with E-state index in [1.54, 1.807) is 0 Å². The molecule has 1 N–H and O–H groups in total. The lowest BCUT2D eigenvalue weighted by atomic mass is 10.2. The van der Waals surface area contributed by atoms with Gasteiger partial charge >= 0.3 is 0 Å². The molecule has 0 aliphatic carbocycles. The Morgan fingerprint density at radius 3 is 2.76 bits per heavy atom. The van der Waals surface area contributed by atoms with Crippen LogP contribution in [0.4, 0.5) is 0 Å². The number of rotatable bonds is 6. The molecule has 1 rings (SSSR count). The molecule has 0 saturated carbocycles. The van der Waals surface area contributed by atoms with E-state index in [1.807, 2.05) is 38.4 Å². The van der Waals surface area contributed by atoms with Gasteiger partial charge in [-0.15, -0.1) is 0 Å². The predicted molar refractivity (Wildman–Crippen MR) is 65.3 cm³/mol. The normalized spacial score (nSPS) is 10.9. The Hall–Kier alpha value is -1.36. The van der Waals surface area contributed by atoms with Gasteiger partial charge in [0.2, 0.25) is 5.91 Å². The molecule has 1 amide bonds. The highest BCUT2D eigenvalue weighted by atomic mass is 16.6. The molecule has 0 spiro atoms. The monoisotopic (exact) mass is 239 g/mol. The van der Waals surface area contributed by atoms with E-state index in [0.29, 0.717) is 25.5 Å². The van der Waals surface area contributed by atoms with Crippen LogP contribution in [0.25, 0.3) is 0 Å². The van der Waals surface area contributed by atoms with E-state index >= 15 is 0 Å². The van der Waals surface area contributed by atoms with Crippen LogP contribution < -0.4 is 5.48 Å². The highest BCUT2D eigenvalue weighted by Crippen LogP contribution is 2.02. The Morgan fingerprint density at radius 1 is 1.53 bits per heavy atom. The molecule has 0 aliphatic rings. The number of aromatic nitrogens is 2. The van der Waals surface area contributed by atoms with Gasteiger partial charge in [-0.25, -0.2) is 5.48 Å². The molecule has 5 nitrogen and oxygen atoms in total. The van der Waals surface area contributed by atoms with Gasteiger partial charge in [0, 0.05) is 12.1 Å². The molecule has 0 saturated heterocycles. The molecule has 1 aromatic heterocycles. The zero-order valence-corrected chi connectivity index (χ0v) is 11.0. The van der Waals surface area contributed by atoms with E-state index in [0.717, 1.165) is 11.4 Å². The van der Waals surface area contributed by atoms with Gasteiger partial charge in [0.1, 0.15) is 0 Å². The smallest absolute Gasteiger partial charge is 0.245 e. The van der Waals surface area contributed by atoms with Gasteiger partial charge in [-0.3, -0.25) is 14.3 Å². The van der Waals surface area contributed by atoms with Crippen LogP contribution in [0.15, 0.2) is 6.07 Å². The van der Waals surface area contributed by atoms with Crippen LogP contribution in [-0.4, -0.2) is 22.3 Å². The number of hydrogen-bond acceptors (Lipinski definition) is 3. The first kappa shape index (κ1) is 13.7. The molecule has 0 aromatic carbocycles. The summed E-state index contributed by atoms with van der Waals surface area (Å²) in [5, 5.41) is 4.29. The quantitative estimate of drug-likeness (QED) is 0.767. The van der Waals surface area contributed by atoms with E-state index in [2.05, 4.69) is 10.6 Å². The van der Waals surface area contributed by atoms with E-state index in [9.17, 15) is 4.79 Å². The molecule has 0 bridgehead atoms. The fraction of sp³-hybridized carbons (Fsp3) is 0.667. The first-order chi connectivity index (χ1) is 7.99. The first-order valence-corrected chi connectivity index (χ1v) is 5.90. The Morgan fingerprint density at radius 2 is 2.24 bits per heavy atom. The number of hydrogen-bond donors (Lipinski definition) is 1. The summed E-state index contributed by atoms with van der Waals surface area (Å²) in [4.78, 5) is 16.5. The van der Waals surface area contributed by atoms with Gasteiger partial charge < -0.3 is 0 Å². The van der Waals surface area contributed by atoms with Crippen molar-refractivity contribution in [1.82, 2.24) is 15.3 Å². The van der Waals surface area contributed by atoms with Crippen LogP contribution in [0.1, 0.15) is 31.7 Å². The van der Waals surface area contributed by atoms with Crippen LogP contribution in [-0.2, 0) is 16.2 Å². The summed E-state index contributed by atoms with van der Waals surface area (Å²) >= 11 is 0. The van der Waals surface area contributed by atoms with Crippen molar-refractivity contribution in [3.05, 3.63) is 17.5 Å². The van der Waals surface area contributed by atoms with Crippen molar-refractivity contribution in [2.75, 3.05) is 6.61 Å². The van der Waals surface area contributed by atoms with Gasteiger partial charge in [0.05, 0.1) is 18.8 Å². The minimum absolute atomic E-state index is 0.113. The van der Waals surface area contributed by atoms with E-state index in [4.69, 9.17) is 4.84 Å². The average Bonchev–Trinajstić information content (AvgIpc) is 2.54. The third kappa shape index (κ3) is 4.99. The summed E-state index contributed by atoms with van der Waals surface area (Å²) in [5.74, 6) is 0.296. The van der Waals surface area contributed by atoms with Crippen LogP contribution >= 0.6 is 0 Å². The number of carbonyl (C=O) groups is 1. The average molecular weight is 239 g/mol. The lowest BCUT2D eigenvalue weighted by Crippen LogP contribution is -2.26. The van der Waals surface area contributed by atoms with Crippen LogP contribution in [0.5, 0.6) is 0 Å². The van der Waals surface area contributed by atoms with Crippen molar-refractivity contribution < 1.29 is 9.63 Å². The minimum Gasteiger partial charge on any atom is -0.273 e. The summed E-state index contributed by atoms with van der Waals surface area (Å²) in [6, 6.07) is 1.99. The number of hydroxylamine groups is 1. The van der Waals surface area contributed by atoms with Crippen LogP contribution in [0, 0.1) is 19.8 Å². The largest absolute Gasteiger partial charge is 0.273 e. The minimum atomic E-state index is -0.113. The standard InChI is InChI=1S/C12H21N3O2/c1-9(2)8-17-14-12(16)5-6-15-11(4)7-10(3)13-15/h7,9H,5-6,8H2,1-4H3,(H,14,16). The predicted octanol–water partition coefficient (Wildman–Crippen LogP) is 1.59. The van der Waals surface area contributed by atoms with Crippen LogP contribution in [0.3, 0.4) is 0 Å². The summed E-state index contributed by atoms with van der Waals surface area (Å²) < 4.78 is 1.83. The molecular formula is C12H21N3O2. The Balaban J connectivity index is 2.26. The maximum Gasteiger partial charge on any atom is 0.245 e. The molecule has 1 aromatic rings. The summed E-state index contributed by atoms with van der Waals surface area (Å²) in [7, 11) is 0. The van der Waals surface area contributed by atoms with Crippen molar-refractivity contribution in [3.63, 3.8) is 0 Å². The van der Waals surface area contributed by atoms with Gasteiger partial charge in [0.25, 0.3) is 0 Å². The number of amides is 1. The zero-order chi connectivity index (χ0) is 12.8. The highest BCUT2D eigenvalue weighted by molar-refractivity contribution is 5.74. The van der Waals surface area contributed by atoms with Crippen molar-refractivity contribution in [2.24, 2.45) is 5.92 Å². The molecule has 96 valence electrons. The number of aryl methyl sites for hydroxylation is 3. The Kier molecular flexibility index (Phi) is 5.15. The van der Waals surface area contributed by atoms with Crippen molar-refractivity contribution in [3.8, 4) is 0 Å². The summed E-state index contributed by atoms with van der Waals surface area (Å²) in [6.45, 7) is 9.09. The van der Waals surface area contributed by atoms with Gasteiger partial charge in [-0.2, -0.15) is 5.10 Å². The number of nitrogens with zero attached hydrogens (tertiary/aromatic N) is 2. The fourth-order valence-corrected chi connectivity index (χ4v) is 1.45. The SMILES string of the molecule is Cc1cc(C)n(CCC(=O)NOCC(C)C)n1. The van der Waals surface area contributed by atoms with Gasteiger partial charge in [0.15, 0.2) is 0 Å². The van der Waals surface area contributed by atoms with E-state index in [-0.39, 0.29) is 5.91 Å². The zero-order valence-electron chi connectivity index (χ0n) is 11.0. The molecular weight excluding hydrogens is 218 g/mol. The third-order valence-corrected chi connectivity index (χ3v) is 2.26. The molecule has 17 heavy (non-hydrogen) atoms. The molecule has 5 heteroatoms. The summed E-state index contributed by atoms with van der Waals surface area (Å²) in [6.07, 6.45) is 0.375. The van der Waals surface area contributed by atoms with Crippen molar-refractivity contribution in [2.45, 2.75) is 40.7 Å². The van der Waals surface area contributed by atoms with E-state index in [1.165, 1.54) is 0 Å². The lowest BCUT2D eigenvalue weighted by Gasteiger charge is -2.08. The van der Waals surface area contributed by atoms with Crippen molar-refractivity contribution in [1.29, 1.82) is 0 Å². The molecule has 0 atom stereocenters. The Bertz CT molecular complexity index is 372. The number of carbonyl (C=O) groups excluding carboxylic acids is 1. The first-order valence-electron chi connectivity index (χ1n) is 5.90. The second kappa shape index (κ2) is 6.39. The second-order valence-electron chi connectivity index (χ2n) is 4.63. The molecule has 0 aliphatic heterocycles. The molecule has 0 unspecified atom stereocenters. The lowest BCUT2D eigenvalue weighted by molar-refractivity contribution is -0.134. The summed E-state index contributed by atoms with van der Waals surface area (Å²) in [5.41, 5.74) is 4.47. The highest BCUT2D eigenvalue weighted by Gasteiger charge is 2.05. The third-order valence-electron chi connectivity index (χ3n) is 2.26. The second-order valence-corrected chi connectivity index (χ2v) is 4.63. The fourth-order valence-electron chi connectivity index (χ4n) is 1.45. The molecule has 0 radical (unpaired) electrons. The van der Waals surface area contributed by atoms with E-state index < -0.39 is 0 Å². The molecule has 1 heterocycles. The molecule has 0 fully saturated rings. The number of nitrogens with one attached hydrogen (secondary N) is 1. The maximum atomic E-state index is 11.4. The van der Waals surface area contributed by atoms with Crippen molar-refractivity contribution >= 4 is 5.91 Å². The van der Waals surface area contributed by atoms with Crippen LogP contribution in [0.2, 0.25) is 0 Å². The topological polar surface area (TPSA) is 56.2 Å². The van der Waals surface area contributed by atoms with Gasteiger partial charge in [-0.05, 0) is 25.8 Å². The Labute approximate surface area is 102 Å². The maximum absolute atomic E-state index is 11.4. The van der Waals surface area contributed by atoms with Gasteiger partial charge in [-0.1, -0.05) is 13.8 Å².